The molecule has 0 radical (unpaired) electrons. The number of benzene rings is 5. The van der Waals surface area contributed by atoms with Crippen molar-refractivity contribution >= 4 is 81.0 Å². The van der Waals surface area contributed by atoms with E-state index in [1.165, 1.54) is 15.5 Å². The van der Waals surface area contributed by atoms with Crippen LogP contribution in [0, 0.1) is 0 Å². The Morgan fingerprint density at radius 2 is 1.21 bits per heavy atom. The van der Waals surface area contributed by atoms with Gasteiger partial charge in [-0.25, -0.2) is 15.0 Å². The lowest BCUT2D eigenvalue weighted by molar-refractivity contribution is 0.993. The molecular weight excluding hydrogens is 547 g/mol. The highest BCUT2D eigenvalue weighted by molar-refractivity contribution is 7.26. The third-order valence-corrected chi connectivity index (χ3v) is 9.68. The topological polar surface area (TPSA) is 48.0 Å². The van der Waals surface area contributed by atoms with Crippen LogP contribution in [0.5, 0.6) is 0 Å². The normalized spacial score (nSPS) is 12.2. The molecule has 0 bridgehead atoms. The number of pyridine rings is 1. The Balaban J connectivity index is 1.48. The zero-order valence-electron chi connectivity index (χ0n) is 22.8. The number of rotatable bonds is 2. The number of imidazole rings is 1. The molecule has 0 saturated heterocycles. The molecule has 43 heavy (non-hydrogen) atoms. The van der Waals surface area contributed by atoms with Gasteiger partial charge < -0.3 is 0 Å². The summed E-state index contributed by atoms with van der Waals surface area (Å²) in [4.78, 5) is 15.9. The summed E-state index contributed by atoms with van der Waals surface area (Å²) in [6, 6.07) is 44.5. The molecule has 0 fully saturated rings. The highest BCUT2D eigenvalue weighted by Crippen LogP contribution is 2.42. The van der Waals surface area contributed by atoms with Gasteiger partial charge in [0.05, 0.1) is 32.5 Å². The first-order valence-corrected chi connectivity index (χ1v) is 15.1. The quantitative estimate of drug-likeness (QED) is 0.209. The van der Waals surface area contributed by atoms with Gasteiger partial charge in [0.1, 0.15) is 11.3 Å². The average molecular weight is 568 g/mol. The van der Waals surface area contributed by atoms with Crippen LogP contribution in [0.15, 0.2) is 127 Å². The first kappa shape index (κ1) is 23.0. The van der Waals surface area contributed by atoms with Crippen LogP contribution in [0.4, 0.5) is 0 Å². The molecule has 10 aromatic rings. The molecule has 200 valence electrons. The molecule has 6 heteroatoms. The Hall–Kier alpha value is -5.59. The molecule has 0 aliphatic carbocycles. The summed E-state index contributed by atoms with van der Waals surface area (Å²) in [5.41, 5.74) is 8.02. The van der Waals surface area contributed by atoms with E-state index < -0.39 is 0 Å². The summed E-state index contributed by atoms with van der Waals surface area (Å²) in [6.07, 6.45) is 0. The molecule has 10 rings (SSSR count). The molecule has 0 atom stereocenters. The van der Waals surface area contributed by atoms with E-state index in [9.17, 15) is 0 Å². The van der Waals surface area contributed by atoms with Gasteiger partial charge in [0.25, 0.3) is 0 Å². The van der Waals surface area contributed by atoms with Gasteiger partial charge in [-0.2, -0.15) is 0 Å². The molecule has 5 aromatic carbocycles. The lowest BCUT2D eigenvalue weighted by Crippen LogP contribution is -2.05. The van der Waals surface area contributed by atoms with Gasteiger partial charge in [0.2, 0.25) is 5.95 Å². The summed E-state index contributed by atoms with van der Waals surface area (Å²) in [7, 11) is 0. The van der Waals surface area contributed by atoms with Gasteiger partial charge in [-0.15, -0.1) is 11.3 Å². The zero-order valence-corrected chi connectivity index (χ0v) is 23.6. The van der Waals surface area contributed by atoms with Gasteiger partial charge in [-0.05, 0) is 29.7 Å². The van der Waals surface area contributed by atoms with Crippen molar-refractivity contribution in [3.8, 4) is 17.2 Å². The smallest absolute Gasteiger partial charge is 0.237 e. The van der Waals surface area contributed by atoms with Crippen molar-refractivity contribution in [2.24, 2.45) is 0 Å². The van der Waals surface area contributed by atoms with Crippen LogP contribution in [0.3, 0.4) is 0 Å². The Kier molecular flexibility index (Phi) is 4.54. The van der Waals surface area contributed by atoms with Crippen LogP contribution in [0.1, 0.15) is 0 Å². The van der Waals surface area contributed by atoms with Crippen molar-refractivity contribution in [1.29, 1.82) is 0 Å². The molecule has 0 N–H and O–H groups in total. The number of thiophene rings is 1. The highest BCUT2D eigenvalue weighted by Gasteiger charge is 2.24. The molecule has 5 heterocycles. The minimum atomic E-state index is 0.649. The molecule has 0 amide bonds. The van der Waals surface area contributed by atoms with E-state index in [-0.39, 0.29) is 0 Å². The van der Waals surface area contributed by atoms with Crippen LogP contribution in [0.2, 0.25) is 0 Å². The lowest BCUT2D eigenvalue weighted by atomic mass is 10.1. The number of aromatic nitrogens is 5. The van der Waals surface area contributed by atoms with E-state index >= 15 is 0 Å². The first-order valence-electron chi connectivity index (χ1n) is 14.3. The lowest BCUT2D eigenvalue weighted by Gasteiger charge is -2.12. The third-order valence-electron chi connectivity index (χ3n) is 8.51. The van der Waals surface area contributed by atoms with E-state index in [1.807, 2.05) is 6.07 Å². The SMILES string of the molecule is c1ccc(-c2nc(-n3c4ccccc4c4c5ccccc5c5nc6ccccc6n5c43)nc3c2sc2ccccc23)cc1. The molecular formula is C37H21N5S. The molecule has 0 saturated carbocycles. The van der Waals surface area contributed by atoms with Crippen LogP contribution in [-0.2, 0) is 0 Å². The summed E-state index contributed by atoms with van der Waals surface area (Å²) in [5.74, 6) is 0.649. The van der Waals surface area contributed by atoms with Crippen molar-refractivity contribution in [3.05, 3.63) is 127 Å². The summed E-state index contributed by atoms with van der Waals surface area (Å²) < 4.78 is 6.85. The minimum Gasteiger partial charge on any atom is -0.277 e. The van der Waals surface area contributed by atoms with Crippen molar-refractivity contribution in [1.82, 2.24) is 23.9 Å². The maximum absolute atomic E-state index is 5.39. The van der Waals surface area contributed by atoms with E-state index in [0.717, 1.165) is 65.5 Å². The van der Waals surface area contributed by atoms with Crippen LogP contribution < -0.4 is 0 Å². The maximum atomic E-state index is 5.39. The Morgan fingerprint density at radius 1 is 0.535 bits per heavy atom. The monoisotopic (exact) mass is 567 g/mol. The zero-order chi connectivity index (χ0) is 28.1. The number of fused-ring (bicyclic) bond motifs is 13. The Labute approximate surface area is 248 Å². The Morgan fingerprint density at radius 3 is 2.07 bits per heavy atom. The van der Waals surface area contributed by atoms with Gasteiger partial charge in [0, 0.05) is 31.8 Å². The summed E-state index contributed by atoms with van der Waals surface area (Å²) >= 11 is 1.75. The largest absolute Gasteiger partial charge is 0.277 e. The second-order valence-corrected chi connectivity index (χ2v) is 11.9. The fourth-order valence-corrected chi connectivity index (χ4v) is 7.85. The predicted octanol–water partition coefficient (Wildman–Crippen LogP) is 9.56. The van der Waals surface area contributed by atoms with E-state index in [1.54, 1.807) is 11.3 Å². The minimum absolute atomic E-state index is 0.649. The number of para-hydroxylation sites is 3. The molecule has 0 unspecified atom stereocenters. The molecule has 0 spiro atoms. The van der Waals surface area contributed by atoms with Crippen LogP contribution in [-0.4, -0.2) is 23.9 Å². The molecule has 5 aromatic heterocycles. The standard InChI is InChI=1S/C37H21N5S/c1-2-12-22(13-3-1)32-34-33(26-17-7-11-21-30(26)43-34)40-37(39-32)42-28-19-9-6-16-25(28)31-23-14-4-5-15-24(23)35-38-27-18-8-10-20-29(27)41(35)36(31)42/h1-21H. The first-order chi connectivity index (χ1) is 21.3. The van der Waals surface area contributed by atoms with Gasteiger partial charge >= 0.3 is 0 Å². The van der Waals surface area contributed by atoms with Gasteiger partial charge in [-0.1, -0.05) is 103 Å². The third kappa shape index (κ3) is 3.07. The Bertz CT molecular complexity index is 2730. The van der Waals surface area contributed by atoms with Crippen LogP contribution >= 0.6 is 11.3 Å². The van der Waals surface area contributed by atoms with Crippen molar-refractivity contribution in [2.75, 3.05) is 0 Å². The number of nitrogens with zero attached hydrogens (tertiary/aromatic N) is 5. The van der Waals surface area contributed by atoms with Crippen molar-refractivity contribution in [2.45, 2.75) is 0 Å². The fourth-order valence-electron chi connectivity index (χ4n) is 6.69. The maximum Gasteiger partial charge on any atom is 0.237 e. The molecule has 0 aliphatic rings. The fraction of sp³-hybridized carbons (Fsp3) is 0. The van der Waals surface area contributed by atoms with Crippen molar-refractivity contribution in [3.63, 3.8) is 0 Å². The molecule has 5 nitrogen and oxygen atoms in total. The van der Waals surface area contributed by atoms with Gasteiger partial charge in [0.15, 0.2) is 0 Å². The van der Waals surface area contributed by atoms with E-state index in [2.05, 4.69) is 130 Å². The highest BCUT2D eigenvalue weighted by atomic mass is 32.1. The summed E-state index contributed by atoms with van der Waals surface area (Å²) in [5, 5.41) is 5.77. The molecule has 0 aliphatic heterocycles. The number of hydrogen-bond acceptors (Lipinski definition) is 4. The average Bonchev–Trinajstić information content (AvgIpc) is 3.75. The van der Waals surface area contributed by atoms with Gasteiger partial charge in [-0.3, -0.25) is 8.97 Å². The second kappa shape index (κ2) is 8.47. The van der Waals surface area contributed by atoms with E-state index in [4.69, 9.17) is 15.0 Å². The predicted molar refractivity (Wildman–Crippen MR) is 178 cm³/mol. The second-order valence-electron chi connectivity index (χ2n) is 10.9. The van der Waals surface area contributed by atoms with Crippen molar-refractivity contribution < 1.29 is 0 Å². The summed E-state index contributed by atoms with van der Waals surface area (Å²) in [6.45, 7) is 0. The van der Waals surface area contributed by atoms with Crippen LogP contribution in [0.25, 0.3) is 86.9 Å². The number of hydrogen-bond donors (Lipinski definition) is 0. The van der Waals surface area contributed by atoms with E-state index in [0.29, 0.717) is 5.95 Å².